The highest BCUT2D eigenvalue weighted by atomic mass is 16.7. The van der Waals surface area contributed by atoms with E-state index in [0.717, 1.165) is 39.4 Å². The maximum Gasteiger partial charge on any atom is 0.276 e. The molecule has 0 amide bonds. The van der Waals surface area contributed by atoms with Crippen LogP contribution in [0.15, 0.2) is 47.0 Å². The fourth-order valence-electron chi connectivity index (χ4n) is 3.41. The summed E-state index contributed by atoms with van der Waals surface area (Å²) in [6, 6.07) is 13.3. The van der Waals surface area contributed by atoms with Gasteiger partial charge in [0.05, 0.1) is 22.3 Å². The molecule has 1 aliphatic heterocycles. The summed E-state index contributed by atoms with van der Waals surface area (Å²) in [5, 5.41) is 11.4. The lowest BCUT2D eigenvalue weighted by atomic mass is 10.1. The maximum absolute atomic E-state index is 5.47. The molecular formula is C20H14N6O3. The highest BCUT2D eigenvalue weighted by Crippen LogP contribution is 2.36. The number of hydrogen-bond donors (Lipinski definition) is 2. The Labute approximate surface area is 163 Å². The molecule has 0 atom stereocenters. The average Bonchev–Trinajstić information content (AvgIpc) is 3.51. The van der Waals surface area contributed by atoms with Crippen molar-refractivity contribution >= 4 is 11.0 Å². The molecule has 0 aliphatic carbocycles. The number of imidazole rings is 1. The summed E-state index contributed by atoms with van der Waals surface area (Å²) in [4.78, 5) is 12.3. The number of aromatic amines is 2. The highest BCUT2D eigenvalue weighted by Gasteiger charge is 2.18. The number of para-hydroxylation sites is 1. The van der Waals surface area contributed by atoms with E-state index in [2.05, 4.69) is 30.3 Å². The standard InChI is InChI=1S/C20H14N6O3/c1-10-21-13-4-2-3-12(18(13)22-10)19-23-20(29-26-19)15-8-14(24-25-15)11-5-6-16-17(7-11)28-9-27-16/h2-8H,9H2,1H3,(H,21,22)(H,24,25). The second-order valence-electron chi connectivity index (χ2n) is 6.68. The van der Waals surface area contributed by atoms with Gasteiger partial charge in [-0.15, -0.1) is 0 Å². The predicted octanol–water partition coefficient (Wildman–Crippen LogP) is 3.71. The third-order valence-electron chi connectivity index (χ3n) is 4.77. The van der Waals surface area contributed by atoms with Crippen LogP contribution >= 0.6 is 0 Å². The second kappa shape index (κ2) is 5.93. The van der Waals surface area contributed by atoms with Gasteiger partial charge in [0.15, 0.2) is 11.5 Å². The number of rotatable bonds is 3. The minimum absolute atomic E-state index is 0.234. The van der Waals surface area contributed by atoms with Crippen LogP contribution in [0.2, 0.25) is 0 Å². The number of nitrogens with one attached hydrogen (secondary N) is 2. The molecule has 142 valence electrons. The summed E-state index contributed by atoms with van der Waals surface area (Å²) in [5.74, 6) is 3.08. The molecule has 0 fully saturated rings. The van der Waals surface area contributed by atoms with Gasteiger partial charge in [-0.05, 0) is 43.3 Å². The quantitative estimate of drug-likeness (QED) is 0.486. The van der Waals surface area contributed by atoms with Gasteiger partial charge in [-0.3, -0.25) is 5.10 Å². The predicted molar refractivity (Wildman–Crippen MR) is 103 cm³/mol. The van der Waals surface area contributed by atoms with Crippen LogP contribution in [-0.4, -0.2) is 37.1 Å². The van der Waals surface area contributed by atoms with E-state index >= 15 is 0 Å². The Kier molecular flexibility index (Phi) is 3.25. The Balaban J connectivity index is 1.35. The number of ether oxygens (including phenoxy) is 2. The zero-order valence-electron chi connectivity index (χ0n) is 15.3. The molecule has 6 rings (SSSR count). The number of aromatic nitrogens is 6. The number of hydrogen-bond acceptors (Lipinski definition) is 7. The summed E-state index contributed by atoms with van der Waals surface area (Å²) in [6.07, 6.45) is 0. The Morgan fingerprint density at radius 2 is 1.93 bits per heavy atom. The molecule has 5 aromatic rings. The van der Waals surface area contributed by atoms with Crippen LogP contribution in [0.4, 0.5) is 0 Å². The molecule has 4 heterocycles. The fraction of sp³-hybridized carbons (Fsp3) is 0.100. The normalized spacial score (nSPS) is 12.7. The SMILES string of the molecule is Cc1nc2c(-c3noc(-c4cc(-c5ccc6c(c5)OCO6)n[nH]4)n3)cccc2[nH]1. The highest BCUT2D eigenvalue weighted by molar-refractivity contribution is 5.90. The van der Waals surface area contributed by atoms with E-state index in [1.165, 1.54) is 0 Å². The fourth-order valence-corrected chi connectivity index (χ4v) is 3.41. The van der Waals surface area contributed by atoms with Gasteiger partial charge >= 0.3 is 0 Å². The van der Waals surface area contributed by atoms with Crippen molar-refractivity contribution in [3.8, 4) is 45.7 Å². The molecule has 9 nitrogen and oxygen atoms in total. The molecule has 1 aliphatic rings. The lowest BCUT2D eigenvalue weighted by molar-refractivity contribution is 0.174. The first kappa shape index (κ1) is 15.9. The Morgan fingerprint density at radius 1 is 1.00 bits per heavy atom. The van der Waals surface area contributed by atoms with E-state index in [4.69, 9.17) is 14.0 Å². The molecule has 2 N–H and O–H groups in total. The molecular weight excluding hydrogens is 372 g/mol. The molecule has 0 unspecified atom stereocenters. The van der Waals surface area contributed by atoms with Crippen LogP contribution in [0.1, 0.15) is 5.82 Å². The van der Waals surface area contributed by atoms with Crippen LogP contribution < -0.4 is 9.47 Å². The monoisotopic (exact) mass is 386 g/mol. The molecule has 2 aromatic carbocycles. The van der Waals surface area contributed by atoms with Crippen molar-refractivity contribution in [3.05, 3.63) is 48.3 Å². The molecule has 3 aromatic heterocycles. The zero-order chi connectivity index (χ0) is 19.4. The Morgan fingerprint density at radius 3 is 2.90 bits per heavy atom. The van der Waals surface area contributed by atoms with Crippen molar-refractivity contribution in [2.24, 2.45) is 0 Å². The summed E-state index contributed by atoms with van der Waals surface area (Å²) in [7, 11) is 0. The lowest BCUT2D eigenvalue weighted by Gasteiger charge is -1.98. The van der Waals surface area contributed by atoms with Crippen molar-refractivity contribution < 1.29 is 14.0 Å². The zero-order valence-corrected chi connectivity index (χ0v) is 15.3. The van der Waals surface area contributed by atoms with Gasteiger partial charge in [0, 0.05) is 5.56 Å². The summed E-state index contributed by atoms with van der Waals surface area (Å²) >= 11 is 0. The maximum atomic E-state index is 5.47. The first-order valence-electron chi connectivity index (χ1n) is 9.00. The van der Waals surface area contributed by atoms with Crippen LogP contribution in [0.3, 0.4) is 0 Å². The van der Waals surface area contributed by atoms with Crippen LogP contribution in [0, 0.1) is 6.92 Å². The third-order valence-corrected chi connectivity index (χ3v) is 4.77. The molecule has 0 saturated heterocycles. The van der Waals surface area contributed by atoms with Crippen molar-refractivity contribution in [1.82, 2.24) is 30.3 Å². The smallest absolute Gasteiger partial charge is 0.276 e. The van der Waals surface area contributed by atoms with Crippen molar-refractivity contribution in [3.63, 3.8) is 0 Å². The van der Waals surface area contributed by atoms with E-state index in [-0.39, 0.29) is 6.79 Å². The second-order valence-corrected chi connectivity index (χ2v) is 6.68. The molecule has 0 radical (unpaired) electrons. The van der Waals surface area contributed by atoms with Gasteiger partial charge in [0.2, 0.25) is 12.6 Å². The third kappa shape index (κ3) is 2.55. The topological polar surface area (TPSA) is 115 Å². The summed E-state index contributed by atoms with van der Waals surface area (Å²) < 4.78 is 16.3. The first-order chi connectivity index (χ1) is 14.2. The summed E-state index contributed by atoms with van der Waals surface area (Å²) in [5.41, 5.74) is 4.80. The first-order valence-corrected chi connectivity index (χ1v) is 9.00. The van der Waals surface area contributed by atoms with E-state index in [1.54, 1.807) is 0 Å². The van der Waals surface area contributed by atoms with Crippen LogP contribution in [0.5, 0.6) is 11.5 Å². The lowest BCUT2D eigenvalue weighted by Crippen LogP contribution is -1.92. The van der Waals surface area contributed by atoms with Crippen molar-refractivity contribution in [1.29, 1.82) is 0 Å². The minimum atomic E-state index is 0.234. The average molecular weight is 386 g/mol. The van der Waals surface area contributed by atoms with Gasteiger partial charge in [0.25, 0.3) is 5.89 Å². The molecule has 0 spiro atoms. The van der Waals surface area contributed by atoms with Gasteiger partial charge in [0.1, 0.15) is 11.5 Å². The number of fused-ring (bicyclic) bond motifs is 2. The van der Waals surface area contributed by atoms with E-state index < -0.39 is 0 Å². The van der Waals surface area contributed by atoms with Gasteiger partial charge in [-0.2, -0.15) is 10.1 Å². The molecule has 9 heteroatoms. The molecule has 0 saturated carbocycles. The number of aryl methyl sites for hydroxylation is 1. The van der Waals surface area contributed by atoms with Crippen LogP contribution in [0.25, 0.3) is 45.3 Å². The van der Waals surface area contributed by atoms with E-state index in [9.17, 15) is 0 Å². The Bertz CT molecular complexity index is 1370. The Hall–Kier alpha value is -4.14. The summed E-state index contributed by atoms with van der Waals surface area (Å²) in [6.45, 7) is 2.14. The minimum Gasteiger partial charge on any atom is -0.454 e. The van der Waals surface area contributed by atoms with Crippen molar-refractivity contribution in [2.45, 2.75) is 6.92 Å². The number of nitrogens with zero attached hydrogens (tertiary/aromatic N) is 4. The van der Waals surface area contributed by atoms with E-state index in [0.29, 0.717) is 23.2 Å². The number of H-pyrrole nitrogens is 2. The van der Waals surface area contributed by atoms with Crippen LogP contribution in [-0.2, 0) is 0 Å². The molecule has 29 heavy (non-hydrogen) atoms. The van der Waals surface area contributed by atoms with Gasteiger partial charge < -0.3 is 19.0 Å². The van der Waals surface area contributed by atoms with Crippen molar-refractivity contribution in [2.75, 3.05) is 6.79 Å². The molecule has 0 bridgehead atoms. The van der Waals surface area contributed by atoms with Gasteiger partial charge in [-0.25, -0.2) is 4.98 Å². The largest absolute Gasteiger partial charge is 0.454 e. The van der Waals surface area contributed by atoms with Gasteiger partial charge in [-0.1, -0.05) is 11.2 Å². The number of benzene rings is 2. The van der Waals surface area contributed by atoms with E-state index in [1.807, 2.05) is 49.4 Å².